The molecule has 3 aromatic rings. The average Bonchev–Trinajstić information content (AvgIpc) is 2.74. The van der Waals surface area contributed by atoms with Crippen molar-refractivity contribution in [2.24, 2.45) is 4.99 Å². The maximum absolute atomic E-state index is 4.82. The van der Waals surface area contributed by atoms with Crippen LogP contribution in [-0.4, -0.2) is 10.8 Å². The van der Waals surface area contributed by atoms with Crippen LogP contribution in [0.3, 0.4) is 0 Å². The van der Waals surface area contributed by atoms with Crippen molar-refractivity contribution in [3.8, 4) is 0 Å². The summed E-state index contributed by atoms with van der Waals surface area (Å²) in [7, 11) is 0. The third-order valence-corrected chi connectivity index (χ3v) is 5.57. The standard InChI is InChI=1S/C25H23NS2/c1-21-14-16-23(17-15-21)26-25(18-20-27-24-12-6-3-7-13-24)28-19-8-11-22-9-4-2-5-10-22/h2-18,20H,19H2,1H3. The predicted octanol–water partition coefficient (Wildman–Crippen LogP) is 7.78. The monoisotopic (exact) mass is 401 g/mol. The van der Waals surface area contributed by atoms with Crippen LogP contribution in [-0.2, 0) is 0 Å². The number of hydrogen-bond acceptors (Lipinski definition) is 3. The Morgan fingerprint density at radius 3 is 2.25 bits per heavy atom. The van der Waals surface area contributed by atoms with E-state index in [1.165, 1.54) is 16.0 Å². The first kappa shape index (κ1) is 20.2. The molecule has 0 aromatic heterocycles. The molecule has 3 aromatic carbocycles. The van der Waals surface area contributed by atoms with E-state index in [4.69, 9.17) is 4.99 Å². The number of nitrogens with zero attached hydrogens (tertiary/aromatic N) is 1. The molecule has 0 radical (unpaired) electrons. The molecule has 0 fully saturated rings. The van der Waals surface area contributed by atoms with Gasteiger partial charge in [-0.05, 0) is 48.2 Å². The molecule has 0 N–H and O–H groups in total. The van der Waals surface area contributed by atoms with E-state index in [-0.39, 0.29) is 0 Å². The molecule has 0 amide bonds. The molecule has 0 unspecified atom stereocenters. The molecule has 0 heterocycles. The van der Waals surface area contributed by atoms with Crippen LogP contribution in [0.25, 0.3) is 6.08 Å². The molecule has 0 aliphatic heterocycles. The second kappa shape index (κ2) is 11.4. The SMILES string of the molecule is Cc1ccc(N=C(C=CSc2ccccc2)SCC=Cc2ccccc2)cc1. The van der Waals surface area contributed by atoms with E-state index in [1.54, 1.807) is 23.5 Å². The summed E-state index contributed by atoms with van der Waals surface area (Å²) in [6.45, 7) is 2.09. The summed E-state index contributed by atoms with van der Waals surface area (Å²) in [5.41, 5.74) is 3.44. The lowest BCUT2D eigenvalue weighted by atomic mass is 10.2. The maximum Gasteiger partial charge on any atom is 0.0975 e. The van der Waals surface area contributed by atoms with Crippen LogP contribution in [0.4, 0.5) is 5.69 Å². The van der Waals surface area contributed by atoms with Crippen molar-refractivity contribution in [1.29, 1.82) is 0 Å². The van der Waals surface area contributed by atoms with E-state index >= 15 is 0 Å². The Labute approximate surface area is 176 Å². The third kappa shape index (κ3) is 7.26. The van der Waals surface area contributed by atoms with Gasteiger partial charge in [-0.2, -0.15) is 0 Å². The zero-order chi connectivity index (χ0) is 19.4. The number of hydrogen-bond donors (Lipinski definition) is 0. The fourth-order valence-corrected chi connectivity index (χ4v) is 3.87. The second-order valence-corrected chi connectivity index (χ2v) is 8.16. The highest BCUT2D eigenvalue weighted by Crippen LogP contribution is 2.21. The van der Waals surface area contributed by atoms with Gasteiger partial charge in [0.2, 0.25) is 0 Å². The largest absolute Gasteiger partial charge is 0.242 e. The molecule has 0 aliphatic rings. The van der Waals surface area contributed by atoms with Gasteiger partial charge in [-0.3, -0.25) is 0 Å². The van der Waals surface area contributed by atoms with E-state index in [0.29, 0.717) is 0 Å². The van der Waals surface area contributed by atoms with E-state index in [9.17, 15) is 0 Å². The van der Waals surface area contributed by atoms with Crippen LogP contribution in [0.1, 0.15) is 11.1 Å². The van der Waals surface area contributed by atoms with Crippen molar-refractivity contribution in [2.75, 3.05) is 5.75 Å². The maximum atomic E-state index is 4.82. The molecule has 0 saturated carbocycles. The molecular formula is C25H23NS2. The van der Waals surface area contributed by atoms with Gasteiger partial charge in [0.05, 0.1) is 10.7 Å². The van der Waals surface area contributed by atoms with Gasteiger partial charge < -0.3 is 0 Å². The number of aryl methyl sites for hydroxylation is 1. The molecule has 3 rings (SSSR count). The Hall–Kier alpha value is -2.49. The van der Waals surface area contributed by atoms with Gasteiger partial charge >= 0.3 is 0 Å². The lowest BCUT2D eigenvalue weighted by molar-refractivity contribution is 1.44. The molecule has 140 valence electrons. The van der Waals surface area contributed by atoms with Crippen LogP contribution >= 0.6 is 23.5 Å². The summed E-state index contributed by atoms with van der Waals surface area (Å²) in [4.78, 5) is 6.05. The Kier molecular flexibility index (Phi) is 8.23. The Bertz CT molecular complexity index is 927. The Morgan fingerprint density at radius 1 is 0.857 bits per heavy atom. The molecule has 28 heavy (non-hydrogen) atoms. The van der Waals surface area contributed by atoms with Crippen molar-refractivity contribution in [1.82, 2.24) is 0 Å². The molecule has 0 bridgehead atoms. The number of aliphatic imine (C=N–C) groups is 1. The van der Waals surface area contributed by atoms with Gasteiger partial charge in [0.1, 0.15) is 0 Å². The van der Waals surface area contributed by atoms with E-state index in [2.05, 4.69) is 103 Å². The number of rotatable bonds is 7. The summed E-state index contributed by atoms with van der Waals surface area (Å²) >= 11 is 3.44. The van der Waals surface area contributed by atoms with E-state index < -0.39 is 0 Å². The number of thioether (sulfide) groups is 2. The summed E-state index contributed by atoms with van der Waals surface area (Å²) in [5, 5.41) is 3.11. The normalized spacial score (nSPS) is 12.1. The van der Waals surface area contributed by atoms with Gasteiger partial charge in [-0.15, -0.1) is 11.8 Å². The summed E-state index contributed by atoms with van der Waals surface area (Å²) in [5.74, 6) is 0.875. The molecule has 0 aliphatic carbocycles. The minimum absolute atomic E-state index is 0.875. The molecule has 1 nitrogen and oxygen atoms in total. The lowest BCUT2D eigenvalue weighted by Gasteiger charge is -2.01. The lowest BCUT2D eigenvalue weighted by Crippen LogP contribution is -1.87. The topological polar surface area (TPSA) is 12.4 Å². The first-order chi connectivity index (χ1) is 13.8. The highest BCUT2D eigenvalue weighted by Gasteiger charge is 1.98. The van der Waals surface area contributed by atoms with Gasteiger partial charge in [0.15, 0.2) is 0 Å². The quantitative estimate of drug-likeness (QED) is 0.228. The fraction of sp³-hybridized carbons (Fsp3) is 0.0800. The van der Waals surface area contributed by atoms with Crippen molar-refractivity contribution in [3.05, 3.63) is 114 Å². The number of benzene rings is 3. The minimum atomic E-state index is 0.875. The van der Waals surface area contributed by atoms with Gasteiger partial charge in [-0.1, -0.05) is 90.1 Å². The predicted molar refractivity (Wildman–Crippen MR) is 128 cm³/mol. The fourth-order valence-electron chi connectivity index (χ4n) is 2.42. The first-order valence-electron chi connectivity index (χ1n) is 9.17. The zero-order valence-electron chi connectivity index (χ0n) is 15.9. The first-order valence-corrected chi connectivity index (χ1v) is 11.0. The molecule has 0 atom stereocenters. The zero-order valence-corrected chi connectivity index (χ0v) is 17.5. The Balaban J connectivity index is 1.66. The molecule has 0 spiro atoms. The van der Waals surface area contributed by atoms with Crippen molar-refractivity contribution < 1.29 is 0 Å². The minimum Gasteiger partial charge on any atom is -0.242 e. The van der Waals surface area contributed by atoms with Gasteiger partial charge in [-0.25, -0.2) is 4.99 Å². The van der Waals surface area contributed by atoms with E-state index in [0.717, 1.165) is 16.5 Å². The summed E-state index contributed by atoms with van der Waals surface area (Å²) in [6.07, 6.45) is 6.43. The highest BCUT2D eigenvalue weighted by atomic mass is 32.2. The highest BCUT2D eigenvalue weighted by molar-refractivity contribution is 8.14. The van der Waals surface area contributed by atoms with Crippen LogP contribution in [0, 0.1) is 6.92 Å². The van der Waals surface area contributed by atoms with Crippen LogP contribution in [0.5, 0.6) is 0 Å². The second-order valence-electron chi connectivity index (χ2n) is 6.14. The average molecular weight is 402 g/mol. The van der Waals surface area contributed by atoms with Crippen LogP contribution in [0.15, 0.2) is 112 Å². The third-order valence-electron chi connectivity index (χ3n) is 3.87. The van der Waals surface area contributed by atoms with Gasteiger partial charge in [0.25, 0.3) is 0 Å². The Morgan fingerprint density at radius 2 is 1.54 bits per heavy atom. The molecule has 3 heteroatoms. The van der Waals surface area contributed by atoms with Crippen molar-refractivity contribution >= 4 is 40.3 Å². The van der Waals surface area contributed by atoms with Crippen LogP contribution < -0.4 is 0 Å². The van der Waals surface area contributed by atoms with E-state index in [1.807, 2.05) is 12.1 Å². The van der Waals surface area contributed by atoms with Gasteiger partial charge in [0, 0.05) is 10.6 Å². The van der Waals surface area contributed by atoms with Crippen molar-refractivity contribution in [3.63, 3.8) is 0 Å². The molecule has 0 saturated heterocycles. The van der Waals surface area contributed by atoms with Crippen LogP contribution in [0.2, 0.25) is 0 Å². The molecular weight excluding hydrogens is 378 g/mol. The summed E-state index contributed by atoms with van der Waals surface area (Å²) < 4.78 is 0. The summed E-state index contributed by atoms with van der Waals surface area (Å²) in [6, 6.07) is 29.1. The smallest absolute Gasteiger partial charge is 0.0975 e. The van der Waals surface area contributed by atoms with Crippen molar-refractivity contribution in [2.45, 2.75) is 11.8 Å².